The SMILES string of the molecule is c1ccc(N(c2cccc(-c3ccc4c(c3)C3(c5ccccc5-c5ccccc53)c3cccc5c6ccccc6n-4c35)c2)c2cccc3oc4ccccc4c23)cc1. The van der Waals surface area contributed by atoms with Crippen molar-refractivity contribution in [3.05, 3.63) is 229 Å². The van der Waals surface area contributed by atoms with E-state index in [2.05, 4.69) is 210 Å². The Kier molecular flexibility index (Phi) is 6.37. The Morgan fingerprint density at radius 1 is 0.414 bits per heavy atom. The fourth-order valence-corrected chi connectivity index (χ4v) is 10.5. The van der Waals surface area contributed by atoms with Crippen LogP contribution in [-0.2, 0) is 5.41 Å². The molecule has 13 rings (SSSR count). The molecule has 270 valence electrons. The second-order valence-corrected chi connectivity index (χ2v) is 15.6. The monoisotopic (exact) mass is 738 g/mol. The third-order valence-corrected chi connectivity index (χ3v) is 12.8. The van der Waals surface area contributed by atoms with E-state index in [1.165, 1.54) is 66.4 Å². The third kappa shape index (κ3) is 4.07. The van der Waals surface area contributed by atoms with Crippen LogP contribution in [0.5, 0.6) is 0 Å². The van der Waals surface area contributed by atoms with Crippen molar-refractivity contribution in [3.8, 4) is 27.9 Å². The molecule has 0 bridgehead atoms. The molecule has 2 aliphatic rings. The van der Waals surface area contributed by atoms with Gasteiger partial charge in [0, 0.05) is 27.5 Å². The molecule has 0 fully saturated rings. The Bertz CT molecular complexity index is 3430. The summed E-state index contributed by atoms with van der Waals surface area (Å²) in [6, 6.07) is 75.5. The van der Waals surface area contributed by atoms with Crippen molar-refractivity contribution in [1.29, 1.82) is 0 Å². The molecule has 3 nitrogen and oxygen atoms in total. The summed E-state index contributed by atoms with van der Waals surface area (Å²) in [6.45, 7) is 0. The van der Waals surface area contributed by atoms with Crippen LogP contribution in [0, 0.1) is 0 Å². The number of hydrogen-bond acceptors (Lipinski definition) is 2. The first kappa shape index (κ1) is 31.6. The maximum atomic E-state index is 6.39. The number of rotatable bonds is 4. The number of nitrogens with zero attached hydrogens (tertiary/aromatic N) is 2. The summed E-state index contributed by atoms with van der Waals surface area (Å²) >= 11 is 0. The van der Waals surface area contributed by atoms with Crippen LogP contribution >= 0.6 is 0 Å². The molecule has 0 unspecified atom stereocenters. The molecule has 0 saturated carbocycles. The zero-order valence-electron chi connectivity index (χ0n) is 31.4. The van der Waals surface area contributed by atoms with Gasteiger partial charge in [0.05, 0.1) is 33.2 Å². The minimum Gasteiger partial charge on any atom is -0.456 e. The van der Waals surface area contributed by atoms with Crippen LogP contribution in [0.1, 0.15) is 22.3 Å². The molecule has 2 aromatic heterocycles. The Hall–Kier alpha value is -7.62. The smallest absolute Gasteiger partial charge is 0.137 e. The molecular formula is C55H34N2O. The molecular weight excluding hydrogens is 705 g/mol. The molecule has 58 heavy (non-hydrogen) atoms. The fraction of sp³-hybridized carbons (Fsp3) is 0.0182. The molecule has 3 heterocycles. The van der Waals surface area contributed by atoms with Gasteiger partial charge < -0.3 is 13.9 Å². The van der Waals surface area contributed by atoms with Gasteiger partial charge >= 0.3 is 0 Å². The molecule has 11 aromatic rings. The summed E-state index contributed by atoms with van der Waals surface area (Å²) in [6.07, 6.45) is 0. The predicted molar refractivity (Wildman–Crippen MR) is 239 cm³/mol. The van der Waals surface area contributed by atoms with E-state index in [9.17, 15) is 0 Å². The van der Waals surface area contributed by atoms with E-state index in [-0.39, 0.29) is 0 Å². The Balaban J connectivity index is 1.08. The van der Waals surface area contributed by atoms with Crippen molar-refractivity contribution < 1.29 is 4.42 Å². The van der Waals surface area contributed by atoms with E-state index in [1.807, 2.05) is 6.07 Å². The van der Waals surface area contributed by atoms with Gasteiger partial charge in [0.25, 0.3) is 0 Å². The summed E-state index contributed by atoms with van der Waals surface area (Å²) in [7, 11) is 0. The summed E-state index contributed by atoms with van der Waals surface area (Å²) in [5, 5.41) is 4.78. The summed E-state index contributed by atoms with van der Waals surface area (Å²) in [5.41, 5.74) is 18.5. The van der Waals surface area contributed by atoms with E-state index >= 15 is 0 Å². The van der Waals surface area contributed by atoms with Gasteiger partial charge in [-0.1, -0.05) is 146 Å². The van der Waals surface area contributed by atoms with Crippen molar-refractivity contribution >= 4 is 60.8 Å². The van der Waals surface area contributed by atoms with Gasteiger partial charge in [-0.05, 0) is 105 Å². The number of hydrogen-bond donors (Lipinski definition) is 0. The second kappa shape index (κ2) is 11.7. The highest BCUT2D eigenvalue weighted by Crippen LogP contribution is 2.61. The minimum atomic E-state index is -0.506. The Morgan fingerprint density at radius 3 is 1.88 bits per heavy atom. The third-order valence-electron chi connectivity index (χ3n) is 12.8. The van der Waals surface area contributed by atoms with Crippen LogP contribution in [0.3, 0.4) is 0 Å². The van der Waals surface area contributed by atoms with Crippen LogP contribution in [-0.4, -0.2) is 4.57 Å². The molecule has 1 spiro atoms. The number of anilines is 3. The van der Waals surface area contributed by atoms with Crippen LogP contribution < -0.4 is 4.90 Å². The maximum Gasteiger partial charge on any atom is 0.137 e. The lowest BCUT2D eigenvalue weighted by Crippen LogP contribution is -2.33. The van der Waals surface area contributed by atoms with Gasteiger partial charge in [0.2, 0.25) is 0 Å². The molecule has 0 radical (unpaired) electrons. The van der Waals surface area contributed by atoms with Crippen molar-refractivity contribution in [1.82, 2.24) is 4.57 Å². The Labute approximate surface area is 335 Å². The van der Waals surface area contributed by atoms with E-state index in [0.29, 0.717) is 0 Å². The first-order valence-electron chi connectivity index (χ1n) is 20.0. The molecule has 1 aliphatic heterocycles. The second-order valence-electron chi connectivity index (χ2n) is 15.6. The van der Waals surface area contributed by atoms with Gasteiger partial charge in [-0.2, -0.15) is 0 Å². The molecule has 1 aliphatic carbocycles. The molecule has 0 N–H and O–H groups in total. The zero-order valence-corrected chi connectivity index (χ0v) is 31.4. The first-order valence-corrected chi connectivity index (χ1v) is 20.0. The van der Waals surface area contributed by atoms with E-state index in [0.717, 1.165) is 44.6 Å². The van der Waals surface area contributed by atoms with Crippen molar-refractivity contribution in [3.63, 3.8) is 0 Å². The highest BCUT2D eigenvalue weighted by Gasteiger charge is 2.50. The van der Waals surface area contributed by atoms with E-state index < -0.39 is 5.41 Å². The summed E-state index contributed by atoms with van der Waals surface area (Å²) in [4.78, 5) is 2.37. The average molecular weight is 739 g/mol. The number of aromatic nitrogens is 1. The fourth-order valence-electron chi connectivity index (χ4n) is 10.5. The van der Waals surface area contributed by atoms with Crippen LogP contribution in [0.15, 0.2) is 211 Å². The number of fused-ring (bicyclic) bond motifs is 15. The number of benzene rings is 9. The van der Waals surface area contributed by atoms with Crippen molar-refractivity contribution in [2.75, 3.05) is 4.90 Å². The zero-order chi connectivity index (χ0) is 38.0. The summed E-state index contributed by atoms with van der Waals surface area (Å²) in [5.74, 6) is 0. The van der Waals surface area contributed by atoms with Crippen LogP contribution in [0.2, 0.25) is 0 Å². The van der Waals surface area contributed by atoms with Gasteiger partial charge in [-0.25, -0.2) is 0 Å². The summed E-state index contributed by atoms with van der Waals surface area (Å²) < 4.78 is 8.92. The van der Waals surface area contributed by atoms with E-state index in [4.69, 9.17) is 4.42 Å². The van der Waals surface area contributed by atoms with Gasteiger partial charge in [-0.3, -0.25) is 0 Å². The normalized spacial score (nSPS) is 13.3. The topological polar surface area (TPSA) is 21.3 Å². The van der Waals surface area contributed by atoms with E-state index in [1.54, 1.807) is 0 Å². The predicted octanol–water partition coefficient (Wildman–Crippen LogP) is 14.5. The van der Waals surface area contributed by atoms with Crippen molar-refractivity contribution in [2.45, 2.75) is 5.41 Å². The van der Waals surface area contributed by atoms with Crippen LogP contribution in [0.4, 0.5) is 17.1 Å². The molecule has 0 amide bonds. The van der Waals surface area contributed by atoms with Crippen LogP contribution in [0.25, 0.3) is 71.7 Å². The van der Waals surface area contributed by atoms with Gasteiger partial charge in [0.1, 0.15) is 11.2 Å². The standard InChI is InChI=1S/C55H34N2O/c1-2-16-37(17-3-1)56(50-28-14-30-52-53(50)43-22-7-11-29-51(43)58-52)38-18-12-15-35(33-38)36-31-32-49-47(34-36)55(44-24-8-4-19-39(44)40-20-5-9-25-45(40)55)46-26-13-23-42-41-21-6-10-27-48(41)57(49)54(42)46/h1-34H. The highest BCUT2D eigenvalue weighted by atomic mass is 16.3. The molecule has 9 aromatic carbocycles. The molecule has 0 atom stereocenters. The van der Waals surface area contributed by atoms with Gasteiger partial charge in [-0.15, -0.1) is 0 Å². The van der Waals surface area contributed by atoms with Gasteiger partial charge in [0.15, 0.2) is 0 Å². The minimum absolute atomic E-state index is 0.506. The number of furan rings is 1. The quantitative estimate of drug-likeness (QED) is 0.179. The highest BCUT2D eigenvalue weighted by molar-refractivity contribution is 6.14. The van der Waals surface area contributed by atoms with Crippen molar-refractivity contribution in [2.24, 2.45) is 0 Å². The lowest BCUT2D eigenvalue weighted by molar-refractivity contribution is 0.669. The lowest BCUT2D eigenvalue weighted by atomic mass is 9.65. The first-order chi connectivity index (χ1) is 28.8. The number of para-hydroxylation sites is 4. The lowest BCUT2D eigenvalue weighted by Gasteiger charge is -2.40. The Morgan fingerprint density at radius 2 is 1.03 bits per heavy atom. The average Bonchev–Trinajstić information content (AvgIpc) is 3.94. The molecule has 0 saturated heterocycles. The maximum absolute atomic E-state index is 6.39. The molecule has 3 heteroatoms. The largest absolute Gasteiger partial charge is 0.456 e.